The summed E-state index contributed by atoms with van der Waals surface area (Å²) in [4.78, 5) is 23.0. The zero-order valence-electron chi connectivity index (χ0n) is 15.1. The van der Waals surface area contributed by atoms with Crippen molar-refractivity contribution in [2.24, 2.45) is 4.99 Å². The summed E-state index contributed by atoms with van der Waals surface area (Å²) in [5.74, 6) is -0.255. The van der Waals surface area contributed by atoms with Crippen LogP contribution < -0.4 is 0 Å². The van der Waals surface area contributed by atoms with Gasteiger partial charge in [0.05, 0.1) is 11.9 Å². The molecule has 0 radical (unpaired) electrons. The van der Waals surface area contributed by atoms with Crippen LogP contribution in [-0.4, -0.2) is 22.2 Å². The molecule has 140 valence electrons. The number of hydrogen-bond donors (Lipinski definition) is 0. The molecule has 0 aliphatic carbocycles. The van der Waals surface area contributed by atoms with Crippen molar-refractivity contribution < 1.29 is 13.9 Å². The zero-order valence-corrected chi connectivity index (χ0v) is 15.1. The Morgan fingerprint density at radius 2 is 1.89 bits per heavy atom. The first kappa shape index (κ1) is 17.9. The summed E-state index contributed by atoms with van der Waals surface area (Å²) in [5, 5.41) is 0. The van der Waals surface area contributed by atoms with Crippen LogP contribution in [0.5, 0.6) is 0 Å². The molecule has 2 aromatic carbocycles. The van der Waals surface area contributed by atoms with Crippen LogP contribution in [0.4, 0.5) is 10.2 Å². The van der Waals surface area contributed by atoms with Crippen molar-refractivity contribution in [3.63, 3.8) is 0 Å². The van der Waals surface area contributed by atoms with E-state index in [1.807, 2.05) is 18.2 Å². The van der Waals surface area contributed by atoms with Crippen LogP contribution >= 0.6 is 0 Å². The van der Waals surface area contributed by atoms with E-state index in [9.17, 15) is 9.18 Å². The third-order valence-corrected chi connectivity index (χ3v) is 4.38. The molecule has 3 aromatic rings. The maximum atomic E-state index is 13.2. The average Bonchev–Trinajstić information content (AvgIpc) is 2.72. The minimum absolute atomic E-state index is 0.00592. The lowest BCUT2D eigenvalue weighted by Gasteiger charge is -2.24. The van der Waals surface area contributed by atoms with Crippen molar-refractivity contribution in [2.75, 3.05) is 0 Å². The highest BCUT2D eigenvalue weighted by molar-refractivity contribution is 5.89. The maximum Gasteiger partial charge on any atom is 0.340 e. The van der Waals surface area contributed by atoms with Crippen LogP contribution in [0.1, 0.15) is 27.0 Å². The number of hydrogen-bond acceptors (Lipinski definition) is 5. The van der Waals surface area contributed by atoms with Crippen LogP contribution in [0, 0.1) is 5.82 Å². The van der Waals surface area contributed by atoms with Crippen molar-refractivity contribution in [1.29, 1.82) is 0 Å². The number of rotatable bonds is 5. The van der Waals surface area contributed by atoms with Gasteiger partial charge in [-0.1, -0.05) is 42.5 Å². The van der Waals surface area contributed by atoms with Gasteiger partial charge in [0.25, 0.3) is 0 Å². The van der Waals surface area contributed by atoms with Gasteiger partial charge in [0.1, 0.15) is 12.4 Å². The molecule has 2 heterocycles. The van der Waals surface area contributed by atoms with Crippen molar-refractivity contribution in [2.45, 2.75) is 19.7 Å². The maximum absolute atomic E-state index is 13.2. The largest absolute Gasteiger partial charge is 0.457 e. The Balaban J connectivity index is 1.43. The smallest absolute Gasteiger partial charge is 0.340 e. The molecule has 0 saturated heterocycles. The molecule has 28 heavy (non-hydrogen) atoms. The molecule has 1 aliphatic heterocycles. The monoisotopic (exact) mass is 375 g/mol. The van der Waals surface area contributed by atoms with Crippen molar-refractivity contribution in [3.8, 4) is 0 Å². The minimum Gasteiger partial charge on any atom is -0.457 e. The first-order chi connectivity index (χ1) is 13.7. The molecule has 5 nitrogen and oxygen atoms in total. The van der Waals surface area contributed by atoms with Gasteiger partial charge in [-0.3, -0.25) is 0 Å². The Kier molecular flexibility index (Phi) is 5.10. The lowest BCUT2D eigenvalue weighted by atomic mass is 10.1. The topological polar surface area (TPSA) is 54.8 Å². The van der Waals surface area contributed by atoms with Gasteiger partial charge in [-0.05, 0) is 29.3 Å². The Morgan fingerprint density at radius 3 is 2.71 bits per heavy atom. The number of fused-ring (bicyclic) bond motifs is 1. The Morgan fingerprint density at radius 1 is 1.07 bits per heavy atom. The molecule has 6 heteroatoms. The van der Waals surface area contributed by atoms with E-state index in [0.29, 0.717) is 23.5 Å². The molecule has 0 unspecified atom stereocenters. The van der Waals surface area contributed by atoms with Crippen LogP contribution in [-0.2, 0) is 24.4 Å². The molecule has 0 bridgehead atoms. The van der Waals surface area contributed by atoms with E-state index >= 15 is 0 Å². The fourth-order valence-electron chi connectivity index (χ4n) is 3.02. The summed E-state index contributed by atoms with van der Waals surface area (Å²) in [6.07, 6.45) is 3.22. The molecule has 1 aromatic heterocycles. The number of halogens is 1. The van der Waals surface area contributed by atoms with E-state index in [0.717, 1.165) is 12.1 Å². The highest BCUT2D eigenvalue weighted by Gasteiger charge is 2.17. The van der Waals surface area contributed by atoms with Crippen molar-refractivity contribution in [1.82, 2.24) is 9.88 Å². The average molecular weight is 375 g/mol. The second-order valence-electron chi connectivity index (χ2n) is 6.55. The van der Waals surface area contributed by atoms with Gasteiger partial charge in [-0.25, -0.2) is 19.2 Å². The van der Waals surface area contributed by atoms with Gasteiger partial charge in [0, 0.05) is 24.8 Å². The summed E-state index contributed by atoms with van der Waals surface area (Å²) in [5.41, 5.74) is 2.99. The summed E-state index contributed by atoms with van der Waals surface area (Å²) in [7, 11) is 0. The Hall–Kier alpha value is -3.54. The number of carbonyl (C=O) groups is 1. The SMILES string of the molecule is O=C(OCc1cccc(F)c1)c1cnc2c(c1)CN(Cc1ccccc1)C=N2. The number of nitrogens with zero attached hydrogens (tertiary/aromatic N) is 3. The van der Waals surface area contributed by atoms with E-state index in [1.165, 1.54) is 23.9 Å². The van der Waals surface area contributed by atoms with Gasteiger partial charge >= 0.3 is 5.97 Å². The highest BCUT2D eigenvalue weighted by atomic mass is 19.1. The predicted molar refractivity (Wildman–Crippen MR) is 104 cm³/mol. The predicted octanol–water partition coefficient (Wildman–Crippen LogP) is 4.25. The third kappa shape index (κ3) is 4.23. The van der Waals surface area contributed by atoms with Crippen molar-refractivity contribution in [3.05, 3.63) is 94.9 Å². The quantitative estimate of drug-likeness (QED) is 0.626. The normalized spacial score (nSPS) is 12.5. The van der Waals surface area contributed by atoms with Gasteiger partial charge in [0.2, 0.25) is 0 Å². The molecule has 1 aliphatic rings. The van der Waals surface area contributed by atoms with Gasteiger partial charge in [0.15, 0.2) is 5.82 Å². The van der Waals surface area contributed by atoms with E-state index in [1.54, 1.807) is 24.5 Å². The summed E-state index contributed by atoms with van der Waals surface area (Å²) in [6.45, 7) is 1.33. The van der Waals surface area contributed by atoms with Crippen molar-refractivity contribution >= 4 is 18.1 Å². The molecule has 0 saturated carbocycles. The first-order valence-electron chi connectivity index (χ1n) is 8.90. The van der Waals surface area contributed by atoms with Gasteiger partial charge in [-0.2, -0.15) is 0 Å². The fourth-order valence-corrected chi connectivity index (χ4v) is 3.02. The fraction of sp³-hybridized carbons (Fsp3) is 0.136. The molecular formula is C22H18FN3O2. The number of ether oxygens (including phenoxy) is 1. The highest BCUT2D eigenvalue weighted by Crippen LogP contribution is 2.24. The number of aliphatic imine (C=N–C) groups is 1. The molecular weight excluding hydrogens is 357 g/mol. The third-order valence-electron chi connectivity index (χ3n) is 4.38. The molecule has 0 spiro atoms. The summed E-state index contributed by atoms with van der Waals surface area (Å²) < 4.78 is 18.5. The second kappa shape index (κ2) is 8.00. The second-order valence-corrected chi connectivity index (χ2v) is 6.55. The number of aromatic nitrogens is 1. The minimum atomic E-state index is -0.497. The van der Waals surface area contributed by atoms with Crippen LogP contribution in [0.25, 0.3) is 0 Å². The number of esters is 1. The number of benzene rings is 2. The van der Waals surface area contributed by atoms with Crippen LogP contribution in [0.3, 0.4) is 0 Å². The summed E-state index contributed by atoms with van der Waals surface area (Å²) >= 11 is 0. The lowest BCUT2D eigenvalue weighted by Crippen LogP contribution is -2.24. The first-order valence-corrected chi connectivity index (χ1v) is 8.90. The van der Waals surface area contributed by atoms with E-state index in [4.69, 9.17) is 4.74 Å². The van der Waals surface area contributed by atoms with Crippen LogP contribution in [0.2, 0.25) is 0 Å². The van der Waals surface area contributed by atoms with Crippen LogP contribution in [0.15, 0.2) is 71.9 Å². The van der Waals surface area contributed by atoms with E-state index < -0.39 is 5.97 Å². The number of carbonyl (C=O) groups excluding carboxylic acids is 1. The zero-order chi connectivity index (χ0) is 19.3. The molecule has 0 atom stereocenters. The Bertz CT molecular complexity index is 1020. The summed E-state index contributed by atoms with van der Waals surface area (Å²) in [6, 6.07) is 17.8. The van der Waals surface area contributed by atoms with Gasteiger partial charge in [-0.15, -0.1) is 0 Å². The van der Waals surface area contributed by atoms with Gasteiger partial charge < -0.3 is 9.64 Å². The molecule has 4 rings (SSSR count). The standard InChI is InChI=1S/C22H18FN3O2/c23-20-8-4-7-17(9-20)14-28-22(27)18-10-19-13-26(15-25-21(19)24-11-18)12-16-5-2-1-3-6-16/h1-11,15H,12-14H2. The molecule has 0 amide bonds. The van der Waals surface area contributed by atoms with E-state index in [2.05, 4.69) is 27.0 Å². The Labute approximate surface area is 162 Å². The molecule has 0 N–H and O–H groups in total. The number of pyridine rings is 1. The lowest BCUT2D eigenvalue weighted by molar-refractivity contribution is 0.0471. The van der Waals surface area contributed by atoms with E-state index in [-0.39, 0.29) is 12.4 Å². The molecule has 0 fully saturated rings.